The predicted octanol–water partition coefficient (Wildman–Crippen LogP) is 4.30. The van der Waals surface area contributed by atoms with Crippen molar-refractivity contribution in [2.45, 2.75) is 40.3 Å². The number of aromatic nitrogens is 2. The molecular formula is C21H25ClN4O2S. The highest BCUT2D eigenvalue weighted by molar-refractivity contribution is 7.18. The van der Waals surface area contributed by atoms with Gasteiger partial charge < -0.3 is 10.2 Å². The number of amides is 1. The highest BCUT2D eigenvalue weighted by Gasteiger charge is 2.24. The summed E-state index contributed by atoms with van der Waals surface area (Å²) in [6.07, 6.45) is 0. The first-order valence-electron chi connectivity index (χ1n) is 9.33. The summed E-state index contributed by atoms with van der Waals surface area (Å²) >= 11 is 7.68. The van der Waals surface area contributed by atoms with Gasteiger partial charge in [0.25, 0.3) is 5.56 Å². The van der Waals surface area contributed by atoms with Crippen molar-refractivity contribution < 1.29 is 4.79 Å². The number of fused-ring (bicyclic) bond motifs is 1. The van der Waals surface area contributed by atoms with Gasteiger partial charge in [-0.2, -0.15) is 0 Å². The van der Waals surface area contributed by atoms with Gasteiger partial charge in [0, 0.05) is 15.6 Å². The Balaban J connectivity index is 2.06. The number of thiophene rings is 1. The van der Waals surface area contributed by atoms with Gasteiger partial charge in [0.05, 0.1) is 11.9 Å². The van der Waals surface area contributed by atoms with Crippen LogP contribution in [0.4, 0.5) is 5.69 Å². The van der Waals surface area contributed by atoms with Crippen LogP contribution in [0.25, 0.3) is 10.2 Å². The molecule has 0 spiro atoms. The molecule has 154 valence electrons. The second kappa shape index (κ2) is 8.26. The first-order chi connectivity index (χ1) is 13.6. The van der Waals surface area contributed by atoms with E-state index < -0.39 is 6.04 Å². The van der Waals surface area contributed by atoms with Gasteiger partial charge in [0.15, 0.2) is 0 Å². The Bertz CT molecular complexity index is 1150. The van der Waals surface area contributed by atoms with Crippen LogP contribution in [0.5, 0.6) is 0 Å². The summed E-state index contributed by atoms with van der Waals surface area (Å²) in [7, 11) is 3.81. The molecule has 1 unspecified atom stereocenters. The number of rotatable bonds is 5. The van der Waals surface area contributed by atoms with Gasteiger partial charge in [-0.15, -0.1) is 11.3 Å². The molecule has 0 saturated carbocycles. The van der Waals surface area contributed by atoms with Crippen LogP contribution < -0.4 is 10.9 Å². The Morgan fingerprint density at radius 1 is 1.31 bits per heavy atom. The lowest BCUT2D eigenvalue weighted by Crippen LogP contribution is -2.36. The Hall–Kier alpha value is -2.22. The van der Waals surface area contributed by atoms with Gasteiger partial charge in [-0.3, -0.25) is 14.2 Å². The van der Waals surface area contributed by atoms with Gasteiger partial charge in [-0.05, 0) is 65.0 Å². The van der Waals surface area contributed by atoms with E-state index in [2.05, 4.69) is 5.32 Å². The summed E-state index contributed by atoms with van der Waals surface area (Å²) in [5.41, 5.74) is 2.26. The average molecular weight is 433 g/mol. The van der Waals surface area contributed by atoms with Crippen LogP contribution in [-0.4, -0.2) is 34.5 Å². The number of hydrogen-bond acceptors (Lipinski definition) is 5. The first kappa shape index (κ1) is 21.5. The van der Waals surface area contributed by atoms with Gasteiger partial charge in [0.2, 0.25) is 5.91 Å². The van der Waals surface area contributed by atoms with E-state index in [1.54, 1.807) is 19.1 Å². The molecule has 3 aromatic rings. The summed E-state index contributed by atoms with van der Waals surface area (Å²) in [4.78, 5) is 34.8. The molecule has 29 heavy (non-hydrogen) atoms. The Kier molecular flexibility index (Phi) is 6.12. The third-order valence-corrected chi connectivity index (χ3v) is 6.48. The molecule has 1 atom stereocenters. The minimum Gasteiger partial charge on any atom is -0.324 e. The van der Waals surface area contributed by atoms with Crippen LogP contribution in [-0.2, 0) is 11.3 Å². The lowest BCUT2D eigenvalue weighted by atomic mass is 10.2. The van der Waals surface area contributed by atoms with E-state index >= 15 is 0 Å². The fourth-order valence-electron chi connectivity index (χ4n) is 3.18. The number of benzene rings is 1. The predicted molar refractivity (Wildman–Crippen MR) is 120 cm³/mol. The summed E-state index contributed by atoms with van der Waals surface area (Å²) in [5.74, 6) is 0.274. The molecule has 0 saturated heterocycles. The summed E-state index contributed by atoms with van der Waals surface area (Å²) in [6, 6.07) is 4.62. The molecule has 1 N–H and O–H groups in total. The van der Waals surface area contributed by atoms with Crippen LogP contribution in [0.2, 0.25) is 5.02 Å². The lowest BCUT2D eigenvalue weighted by molar-refractivity contribution is -0.119. The number of nitrogens with zero attached hydrogens (tertiary/aromatic N) is 3. The maximum atomic E-state index is 13.4. The van der Waals surface area contributed by atoms with Crippen molar-refractivity contribution in [3.8, 4) is 0 Å². The van der Waals surface area contributed by atoms with Crippen molar-refractivity contribution in [3.05, 3.63) is 55.4 Å². The molecule has 2 heterocycles. The number of nitrogens with one attached hydrogen (secondary N) is 1. The maximum absolute atomic E-state index is 13.4. The van der Waals surface area contributed by atoms with Crippen LogP contribution in [0.15, 0.2) is 23.0 Å². The largest absolute Gasteiger partial charge is 0.324 e. The molecule has 6 nitrogen and oxygen atoms in total. The summed E-state index contributed by atoms with van der Waals surface area (Å²) in [6.45, 7) is 7.97. The van der Waals surface area contributed by atoms with E-state index in [0.29, 0.717) is 28.5 Å². The van der Waals surface area contributed by atoms with Crippen LogP contribution in [0.3, 0.4) is 0 Å². The monoisotopic (exact) mass is 432 g/mol. The molecular weight excluding hydrogens is 408 g/mol. The second-order valence-electron chi connectivity index (χ2n) is 7.53. The van der Waals surface area contributed by atoms with E-state index in [-0.39, 0.29) is 11.5 Å². The minimum atomic E-state index is -0.728. The fraction of sp³-hybridized carbons (Fsp3) is 0.381. The van der Waals surface area contributed by atoms with E-state index in [1.165, 1.54) is 15.9 Å². The molecule has 1 aromatic carbocycles. The van der Waals surface area contributed by atoms with Crippen molar-refractivity contribution >= 4 is 44.7 Å². The molecule has 0 aliphatic rings. The molecule has 0 radical (unpaired) electrons. The zero-order valence-corrected chi connectivity index (χ0v) is 19.0. The molecule has 1 amide bonds. The van der Waals surface area contributed by atoms with Gasteiger partial charge in [0.1, 0.15) is 16.7 Å². The third-order valence-electron chi connectivity index (χ3n) is 4.97. The molecule has 0 bridgehead atoms. The van der Waals surface area contributed by atoms with Crippen molar-refractivity contribution in [1.29, 1.82) is 0 Å². The van der Waals surface area contributed by atoms with Crippen LogP contribution >= 0.6 is 22.9 Å². The zero-order valence-electron chi connectivity index (χ0n) is 17.5. The van der Waals surface area contributed by atoms with Crippen LogP contribution in [0.1, 0.15) is 34.8 Å². The van der Waals surface area contributed by atoms with Crippen molar-refractivity contribution in [1.82, 2.24) is 14.5 Å². The van der Waals surface area contributed by atoms with Crippen molar-refractivity contribution in [3.63, 3.8) is 0 Å². The molecule has 0 aliphatic heterocycles. The van der Waals surface area contributed by atoms with Gasteiger partial charge in [-0.25, -0.2) is 4.98 Å². The number of carbonyl (C=O) groups is 1. The van der Waals surface area contributed by atoms with E-state index in [4.69, 9.17) is 16.6 Å². The number of halogens is 1. The first-order valence-corrected chi connectivity index (χ1v) is 10.5. The highest BCUT2D eigenvalue weighted by Crippen LogP contribution is 2.27. The zero-order chi connectivity index (χ0) is 21.5. The number of hydrogen-bond donors (Lipinski definition) is 1. The second-order valence-corrected chi connectivity index (χ2v) is 9.14. The standard InChI is InChI=1S/C21H25ClN4O2S/c1-11-7-8-15(9-16(11)22)23-19(27)13(3)26-17(10-25(5)6)24-20-18(21(26)28)12(2)14(4)29-20/h7-9,13H,10H2,1-6H3,(H,23,27). The van der Waals surface area contributed by atoms with Crippen LogP contribution in [0, 0.1) is 20.8 Å². The van der Waals surface area contributed by atoms with Gasteiger partial charge in [-0.1, -0.05) is 17.7 Å². The number of carbonyl (C=O) groups excluding carboxylic acids is 1. The van der Waals surface area contributed by atoms with Crippen molar-refractivity contribution in [2.75, 3.05) is 19.4 Å². The Morgan fingerprint density at radius 3 is 2.62 bits per heavy atom. The topological polar surface area (TPSA) is 67.2 Å². The highest BCUT2D eigenvalue weighted by atomic mass is 35.5. The third kappa shape index (κ3) is 4.22. The Labute approximate surface area is 179 Å². The molecule has 2 aromatic heterocycles. The summed E-state index contributed by atoms with van der Waals surface area (Å²) in [5, 5.41) is 4.03. The lowest BCUT2D eigenvalue weighted by Gasteiger charge is -2.21. The SMILES string of the molecule is Cc1ccc(NC(=O)C(C)n2c(CN(C)C)nc3sc(C)c(C)c3c2=O)cc1Cl. The molecule has 3 rings (SSSR count). The molecule has 0 aliphatic carbocycles. The van der Waals surface area contributed by atoms with E-state index in [9.17, 15) is 9.59 Å². The normalized spacial score (nSPS) is 12.6. The molecule has 8 heteroatoms. The quantitative estimate of drug-likeness (QED) is 0.652. The number of aryl methyl sites for hydroxylation is 3. The van der Waals surface area contributed by atoms with E-state index in [1.807, 2.05) is 45.8 Å². The molecule has 0 fully saturated rings. The Morgan fingerprint density at radius 2 is 2.00 bits per heavy atom. The fourth-order valence-corrected chi connectivity index (χ4v) is 4.40. The smallest absolute Gasteiger partial charge is 0.263 e. The average Bonchev–Trinajstić information content (AvgIpc) is 2.91. The van der Waals surface area contributed by atoms with Crippen molar-refractivity contribution in [2.24, 2.45) is 0 Å². The van der Waals surface area contributed by atoms with E-state index in [0.717, 1.165) is 20.8 Å². The number of anilines is 1. The minimum absolute atomic E-state index is 0.182. The summed E-state index contributed by atoms with van der Waals surface area (Å²) < 4.78 is 1.51. The maximum Gasteiger partial charge on any atom is 0.263 e. The van der Waals surface area contributed by atoms with Gasteiger partial charge >= 0.3 is 0 Å².